The topological polar surface area (TPSA) is 72.1 Å². The fraction of sp³-hybridized carbons (Fsp3) is 0.364. The normalized spacial score (nSPS) is 13.2. The van der Waals surface area contributed by atoms with Crippen LogP contribution < -0.4 is 5.36 Å². The first-order valence-corrected chi connectivity index (χ1v) is 13.3. The number of hydrogen-bond donors (Lipinski definition) is 0. The van der Waals surface area contributed by atoms with Crippen molar-refractivity contribution in [1.82, 2.24) is 4.90 Å². The Morgan fingerprint density at radius 3 is 2.46 bits per heavy atom. The zero-order chi connectivity index (χ0) is 31.6. The largest absolute Gasteiger partial charge is 0.469 e. The molecule has 0 fully saturated rings. The third kappa shape index (κ3) is 6.06. The minimum Gasteiger partial charge on any atom is -0.469 e. The van der Waals surface area contributed by atoms with Gasteiger partial charge in [-0.25, -0.2) is 0 Å². The molecular formula is C33H38N2O4. The van der Waals surface area contributed by atoms with E-state index in [1.54, 1.807) is 7.05 Å². The van der Waals surface area contributed by atoms with Crippen molar-refractivity contribution in [2.24, 2.45) is 4.99 Å². The maximum Gasteiger partial charge on any atom is 0.305 e. The number of nitrogens with zero attached hydrogens (tertiary/aromatic N) is 2. The maximum atomic E-state index is 14.1. The van der Waals surface area contributed by atoms with Crippen LogP contribution in [0.1, 0.15) is 65.1 Å². The molecule has 0 aromatic heterocycles. The smallest absolute Gasteiger partial charge is 0.305 e. The monoisotopic (exact) mass is 530 g/mol. The van der Waals surface area contributed by atoms with Gasteiger partial charge >= 0.3 is 5.97 Å². The van der Waals surface area contributed by atoms with Gasteiger partial charge in [-0.3, -0.25) is 14.6 Å². The van der Waals surface area contributed by atoms with Crippen molar-refractivity contribution >= 4 is 22.8 Å². The number of carbonyl (C=O) groups is 2. The summed E-state index contributed by atoms with van der Waals surface area (Å²) in [4.78, 5) is 31.6. The predicted octanol–water partition coefficient (Wildman–Crippen LogP) is 6.86. The van der Waals surface area contributed by atoms with E-state index in [1.165, 1.54) is 12.0 Å². The summed E-state index contributed by atoms with van der Waals surface area (Å²) < 4.78 is 46.0. The third-order valence-electron chi connectivity index (χ3n) is 7.08. The number of ether oxygens (including phenoxy) is 1. The Kier molecular flexibility index (Phi) is 7.25. The van der Waals surface area contributed by atoms with E-state index >= 15 is 0 Å². The van der Waals surface area contributed by atoms with Crippen LogP contribution in [0.25, 0.3) is 33.4 Å². The Labute approximate surface area is 236 Å². The first kappa shape index (κ1) is 23.0. The highest BCUT2D eigenvalue weighted by Crippen LogP contribution is 2.42. The van der Waals surface area contributed by atoms with Crippen LogP contribution in [0, 0.1) is 20.8 Å². The molecule has 1 amide bonds. The predicted molar refractivity (Wildman–Crippen MR) is 156 cm³/mol. The molecule has 6 heteroatoms. The Bertz CT molecular complexity index is 1760. The van der Waals surface area contributed by atoms with Crippen LogP contribution in [0.5, 0.6) is 0 Å². The lowest BCUT2D eigenvalue weighted by Gasteiger charge is -2.22. The van der Waals surface area contributed by atoms with Crippen molar-refractivity contribution in [2.75, 3.05) is 27.2 Å². The number of benzene rings is 3. The average molecular weight is 531 g/mol. The molecule has 1 aliphatic heterocycles. The SMILES string of the molecule is [2H]c1c([2H])c([2H])c(-c2c3cc(C)c(=NCC)cc-3oc3cc(C)c(C)cc23)c(C(=O)N(C)CCCCCC(=O)OC)c1[2H]. The summed E-state index contributed by atoms with van der Waals surface area (Å²) in [5.74, 6) is -0.275. The Balaban J connectivity index is 1.97. The molecule has 0 saturated heterocycles. The molecule has 6 nitrogen and oxygen atoms in total. The molecule has 0 spiro atoms. The number of methoxy groups -OCH3 is 1. The number of esters is 1. The van der Waals surface area contributed by atoms with Crippen LogP contribution in [-0.2, 0) is 9.53 Å². The van der Waals surface area contributed by atoms with Crippen LogP contribution in [0.2, 0.25) is 0 Å². The number of carbonyl (C=O) groups excluding carboxylic acids is 2. The molecule has 2 aromatic carbocycles. The van der Waals surface area contributed by atoms with Crippen LogP contribution in [0.4, 0.5) is 0 Å². The standard InChI is InChI=1S/C33H38N2O4/c1-7-34-28-20-30-27(18-23(28)4)32(26-17-21(2)22(3)19-29(26)39-30)24-13-10-11-14-25(24)33(37)35(5)16-12-8-9-15-31(36)38-6/h10-11,13-14,17-20H,7-9,12,15-16H2,1-6H3/i10D,11D,13D,14D. The summed E-state index contributed by atoms with van der Waals surface area (Å²) >= 11 is 0. The van der Waals surface area contributed by atoms with Crippen LogP contribution >= 0.6 is 0 Å². The second kappa shape index (κ2) is 12.3. The highest BCUT2D eigenvalue weighted by molar-refractivity contribution is 6.09. The van der Waals surface area contributed by atoms with Gasteiger partial charge in [-0.05, 0) is 87.0 Å². The highest BCUT2D eigenvalue weighted by atomic mass is 16.5. The number of aryl methyl sites for hydroxylation is 3. The van der Waals surface area contributed by atoms with Gasteiger partial charge in [0.25, 0.3) is 5.91 Å². The molecule has 204 valence electrons. The summed E-state index contributed by atoms with van der Waals surface area (Å²) in [5, 5.41) is 1.42. The molecule has 2 aromatic rings. The van der Waals surface area contributed by atoms with Crippen molar-refractivity contribution < 1.29 is 24.2 Å². The Morgan fingerprint density at radius 2 is 1.72 bits per heavy atom. The summed E-state index contributed by atoms with van der Waals surface area (Å²) in [6.45, 7) is 8.77. The van der Waals surface area contributed by atoms with E-state index in [0.717, 1.165) is 22.0 Å². The van der Waals surface area contributed by atoms with Gasteiger partial charge in [-0.1, -0.05) is 24.5 Å². The quantitative estimate of drug-likeness (QED) is 0.135. The Morgan fingerprint density at radius 1 is 0.974 bits per heavy atom. The van der Waals surface area contributed by atoms with E-state index in [-0.39, 0.29) is 23.1 Å². The van der Waals surface area contributed by atoms with Gasteiger partial charge in [0.1, 0.15) is 11.3 Å². The lowest BCUT2D eigenvalue weighted by molar-refractivity contribution is -0.140. The molecule has 4 rings (SSSR count). The van der Waals surface area contributed by atoms with Crippen LogP contribution in [0.15, 0.2) is 57.8 Å². The number of unbranched alkanes of at least 4 members (excludes halogenated alkanes) is 2. The summed E-state index contributed by atoms with van der Waals surface area (Å²) in [7, 11) is 2.98. The molecule has 39 heavy (non-hydrogen) atoms. The molecule has 0 radical (unpaired) electrons. The minimum atomic E-state index is -0.504. The lowest BCUT2D eigenvalue weighted by Crippen LogP contribution is -2.28. The van der Waals surface area contributed by atoms with Gasteiger partial charge in [0.05, 0.1) is 18.0 Å². The van der Waals surface area contributed by atoms with Crippen LogP contribution in [0.3, 0.4) is 0 Å². The van der Waals surface area contributed by atoms with Gasteiger partial charge < -0.3 is 14.1 Å². The van der Waals surface area contributed by atoms with E-state index in [4.69, 9.17) is 9.90 Å². The van der Waals surface area contributed by atoms with Gasteiger partial charge in [0.15, 0.2) is 0 Å². The van der Waals surface area contributed by atoms with E-state index < -0.39 is 24.0 Å². The van der Waals surface area contributed by atoms with Crippen molar-refractivity contribution in [1.29, 1.82) is 0 Å². The molecule has 2 aliphatic rings. The van der Waals surface area contributed by atoms with Gasteiger partial charge in [0.2, 0.25) is 0 Å². The maximum absolute atomic E-state index is 14.1. The third-order valence-corrected chi connectivity index (χ3v) is 7.08. The van der Waals surface area contributed by atoms with Crippen molar-refractivity contribution in [3.8, 4) is 22.5 Å². The fourth-order valence-corrected chi connectivity index (χ4v) is 4.75. The van der Waals surface area contributed by atoms with Gasteiger partial charge in [-0.15, -0.1) is 0 Å². The fourth-order valence-electron chi connectivity index (χ4n) is 4.75. The average Bonchev–Trinajstić information content (AvgIpc) is 2.98. The van der Waals surface area contributed by atoms with Crippen molar-refractivity contribution in [3.63, 3.8) is 0 Å². The molecule has 0 atom stereocenters. The summed E-state index contributed by atoms with van der Waals surface area (Å²) in [6.07, 6.45) is 2.25. The summed E-state index contributed by atoms with van der Waals surface area (Å²) in [5.41, 5.74) is 4.62. The first-order chi connectivity index (χ1) is 20.4. The van der Waals surface area contributed by atoms with Crippen molar-refractivity contribution in [3.05, 3.63) is 76.0 Å². The summed E-state index contributed by atoms with van der Waals surface area (Å²) in [6, 6.07) is 6.06. The van der Waals surface area contributed by atoms with E-state index in [0.29, 0.717) is 66.6 Å². The molecule has 0 unspecified atom stereocenters. The second-order valence-electron chi connectivity index (χ2n) is 9.88. The number of fused-ring (bicyclic) bond motifs is 2. The molecular weight excluding hydrogens is 488 g/mol. The zero-order valence-electron chi connectivity index (χ0n) is 27.6. The molecule has 1 heterocycles. The second-order valence-corrected chi connectivity index (χ2v) is 9.88. The minimum absolute atomic E-state index is 0.0879. The number of hydrogen-bond acceptors (Lipinski definition) is 5. The number of rotatable bonds is 9. The highest BCUT2D eigenvalue weighted by Gasteiger charge is 2.23. The Hall–Kier alpha value is -3.93. The van der Waals surface area contributed by atoms with Gasteiger partial charge in [0, 0.05) is 54.7 Å². The first-order valence-electron chi connectivity index (χ1n) is 15.3. The van der Waals surface area contributed by atoms with Crippen LogP contribution in [-0.4, -0.2) is 44.0 Å². The van der Waals surface area contributed by atoms with E-state index in [2.05, 4.69) is 9.73 Å². The van der Waals surface area contributed by atoms with E-state index in [1.807, 2.05) is 52.0 Å². The molecule has 1 aliphatic carbocycles. The zero-order valence-corrected chi connectivity index (χ0v) is 23.6. The lowest BCUT2D eigenvalue weighted by atomic mass is 9.88. The van der Waals surface area contributed by atoms with E-state index in [9.17, 15) is 9.59 Å². The van der Waals surface area contributed by atoms with Gasteiger partial charge in [-0.2, -0.15) is 0 Å². The molecule has 0 N–H and O–H groups in total. The molecule has 0 bridgehead atoms. The molecule has 0 saturated carbocycles. The van der Waals surface area contributed by atoms with Crippen molar-refractivity contribution in [2.45, 2.75) is 53.4 Å². The number of amides is 1.